The fourth-order valence-corrected chi connectivity index (χ4v) is 8.48. The molecule has 0 atom stereocenters. The molecule has 0 saturated carbocycles. The van der Waals surface area contributed by atoms with Crippen molar-refractivity contribution in [2.24, 2.45) is 0 Å². The van der Waals surface area contributed by atoms with Gasteiger partial charge in [0, 0.05) is 5.41 Å². The highest BCUT2D eigenvalue weighted by atomic mass is 14.4. The minimum atomic E-state index is -0.0817. The van der Waals surface area contributed by atoms with Crippen LogP contribution in [0.25, 0.3) is 88.0 Å². The van der Waals surface area contributed by atoms with Gasteiger partial charge in [-0.2, -0.15) is 0 Å². The minimum absolute atomic E-state index is 0.0817. The van der Waals surface area contributed by atoms with Crippen LogP contribution in [0.5, 0.6) is 0 Å². The van der Waals surface area contributed by atoms with Gasteiger partial charge in [0.2, 0.25) is 0 Å². The van der Waals surface area contributed by atoms with Crippen molar-refractivity contribution in [3.63, 3.8) is 0 Å². The van der Waals surface area contributed by atoms with Crippen LogP contribution in [0.4, 0.5) is 0 Å². The molecule has 1 aliphatic rings. The third-order valence-electron chi connectivity index (χ3n) is 11.2. The van der Waals surface area contributed by atoms with Crippen LogP contribution in [0.3, 0.4) is 0 Å². The smallest absolute Gasteiger partial charge is 0.0159 e. The van der Waals surface area contributed by atoms with E-state index < -0.39 is 0 Å². The standard InChI is InChI=1S/C51H36/c1-51(2)49-31-38(33-11-5-3-6-12-33)20-25-45(49)46-26-21-39(32-50(46)51)37-19-23-43-40(27-37)17-18-41-28-42(22-24-44(41)43)48-30-36-16-10-9-15-35(36)29-47(48)34-13-7-4-8-14-34/h3-32H,1-2H3. The highest BCUT2D eigenvalue weighted by molar-refractivity contribution is 6.10. The third-order valence-corrected chi connectivity index (χ3v) is 11.2. The molecule has 0 heterocycles. The second kappa shape index (κ2) is 11.4. The van der Waals surface area contributed by atoms with Gasteiger partial charge in [-0.3, -0.25) is 0 Å². The average molecular weight is 649 g/mol. The van der Waals surface area contributed by atoms with Gasteiger partial charge >= 0.3 is 0 Å². The lowest BCUT2D eigenvalue weighted by Gasteiger charge is -2.22. The summed E-state index contributed by atoms with van der Waals surface area (Å²) in [6, 6.07) is 67.4. The lowest BCUT2D eigenvalue weighted by Crippen LogP contribution is -2.15. The van der Waals surface area contributed by atoms with Crippen LogP contribution in [0, 0.1) is 0 Å². The van der Waals surface area contributed by atoms with Gasteiger partial charge in [0.1, 0.15) is 0 Å². The van der Waals surface area contributed by atoms with Crippen molar-refractivity contribution in [2.75, 3.05) is 0 Å². The van der Waals surface area contributed by atoms with Gasteiger partial charge in [0.05, 0.1) is 0 Å². The Bertz CT molecular complexity index is 2800. The normalized spacial score (nSPS) is 13.1. The summed E-state index contributed by atoms with van der Waals surface area (Å²) < 4.78 is 0. The van der Waals surface area contributed by atoms with Crippen molar-refractivity contribution >= 4 is 32.3 Å². The molecule has 1 aliphatic carbocycles. The first-order chi connectivity index (χ1) is 25.0. The van der Waals surface area contributed by atoms with Crippen molar-refractivity contribution in [2.45, 2.75) is 19.3 Å². The molecule has 0 nitrogen and oxygen atoms in total. The molecule has 0 aliphatic heterocycles. The quantitative estimate of drug-likeness (QED) is 0.167. The summed E-state index contributed by atoms with van der Waals surface area (Å²) >= 11 is 0. The van der Waals surface area contributed by atoms with Crippen LogP contribution in [0.15, 0.2) is 182 Å². The van der Waals surface area contributed by atoms with Crippen molar-refractivity contribution < 1.29 is 0 Å². The van der Waals surface area contributed by atoms with E-state index in [0.29, 0.717) is 0 Å². The van der Waals surface area contributed by atoms with Crippen LogP contribution in [-0.4, -0.2) is 0 Å². The van der Waals surface area contributed by atoms with E-state index in [4.69, 9.17) is 0 Å². The maximum Gasteiger partial charge on any atom is 0.0159 e. The first-order valence-corrected chi connectivity index (χ1v) is 17.9. The topological polar surface area (TPSA) is 0 Å². The molecule has 0 amide bonds. The molecule has 0 aromatic heterocycles. The summed E-state index contributed by atoms with van der Waals surface area (Å²) in [6.45, 7) is 4.75. The number of fused-ring (bicyclic) bond motifs is 7. The van der Waals surface area contributed by atoms with Gasteiger partial charge in [0.25, 0.3) is 0 Å². The molecule has 240 valence electrons. The Balaban J connectivity index is 1.02. The Hall–Kier alpha value is -6.24. The van der Waals surface area contributed by atoms with Gasteiger partial charge in [-0.1, -0.05) is 159 Å². The van der Waals surface area contributed by atoms with E-state index in [9.17, 15) is 0 Å². The molecule has 51 heavy (non-hydrogen) atoms. The third kappa shape index (κ3) is 4.83. The van der Waals surface area contributed by atoms with Crippen molar-refractivity contribution in [1.82, 2.24) is 0 Å². The number of rotatable bonds is 4. The van der Waals surface area contributed by atoms with Gasteiger partial charge in [-0.25, -0.2) is 0 Å². The predicted octanol–water partition coefficient (Wildman–Crippen LogP) is 14.1. The van der Waals surface area contributed by atoms with Crippen LogP contribution in [-0.2, 0) is 5.41 Å². The summed E-state index contributed by atoms with van der Waals surface area (Å²) in [7, 11) is 0. The highest BCUT2D eigenvalue weighted by Crippen LogP contribution is 2.51. The molecular formula is C51H36. The summed E-state index contributed by atoms with van der Waals surface area (Å²) in [5.74, 6) is 0. The van der Waals surface area contributed by atoms with Crippen molar-refractivity contribution in [3.05, 3.63) is 193 Å². The lowest BCUT2D eigenvalue weighted by molar-refractivity contribution is 0.661. The molecule has 0 radical (unpaired) electrons. The van der Waals surface area contributed by atoms with Gasteiger partial charge < -0.3 is 0 Å². The van der Waals surface area contributed by atoms with Crippen LogP contribution < -0.4 is 0 Å². The molecule has 0 N–H and O–H groups in total. The molecule has 0 spiro atoms. The van der Waals surface area contributed by atoms with Gasteiger partial charge in [-0.15, -0.1) is 0 Å². The van der Waals surface area contributed by atoms with Gasteiger partial charge in [0.15, 0.2) is 0 Å². The summed E-state index contributed by atoms with van der Waals surface area (Å²) in [5.41, 5.74) is 15.5. The zero-order valence-electron chi connectivity index (χ0n) is 28.8. The van der Waals surface area contributed by atoms with Crippen LogP contribution in [0.1, 0.15) is 25.0 Å². The first-order valence-electron chi connectivity index (χ1n) is 17.9. The van der Waals surface area contributed by atoms with Crippen molar-refractivity contribution in [1.29, 1.82) is 0 Å². The van der Waals surface area contributed by atoms with Gasteiger partial charge in [-0.05, 0) is 135 Å². The molecule has 0 saturated heterocycles. The lowest BCUT2D eigenvalue weighted by atomic mass is 9.80. The molecule has 0 fully saturated rings. The second-order valence-corrected chi connectivity index (χ2v) is 14.6. The largest absolute Gasteiger partial charge is 0.0622 e. The molecule has 9 aromatic rings. The number of hydrogen-bond acceptors (Lipinski definition) is 0. The van der Waals surface area contributed by atoms with E-state index in [1.807, 2.05) is 0 Å². The predicted molar refractivity (Wildman–Crippen MR) is 218 cm³/mol. The molecule has 9 aromatic carbocycles. The maximum absolute atomic E-state index is 2.43. The molecule has 10 rings (SSSR count). The van der Waals surface area contributed by atoms with E-state index >= 15 is 0 Å². The Kier molecular flexibility index (Phi) is 6.63. The molecule has 0 heteroatoms. The van der Waals surface area contributed by atoms with E-state index in [1.165, 1.54) is 99.1 Å². The van der Waals surface area contributed by atoms with Crippen molar-refractivity contribution in [3.8, 4) is 55.6 Å². The number of benzene rings is 9. The molecule has 0 unspecified atom stereocenters. The zero-order valence-corrected chi connectivity index (χ0v) is 28.8. The van der Waals surface area contributed by atoms with Crippen LogP contribution >= 0.6 is 0 Å². The van der Waals surface area contributed by atoms with E-state index in [1.54, 1.807) is 0 Å². The van der Waals surface area contributed by atoms with Crippen LogP contribution in [0.2, 0.25) is 0 Å². The fourth-order valence-electron chi connectivity index (χ4n) is 8.48. The maximum atomic E-state index is 2.43. The second-order valence-electron chi connectivity index (χ2n) is 14.6. The SMILES string of the molecule is CC1(C)c2cc(-c3ccccc3)ccc2-c2ccc(-c3ccc4c(ccc5cc(-c6cc7ccccc7cc6-c6ccccc6)ccc54)c3)cc21. The van der Waals surface area contributed by atoms with E-state index in [0.717, 1.165) is 0 Å². The van der Waals surface area contributed by atoms with E-state index in [-0.39, 0.29) is 5.41 Å². The molecular weight excluding hydrogens is 613 g/mol. The zero-order chi connectivity index (χ0) is 34.1. The Morgan fingerprint density at radius 1 is 0.275 bits per heavy atom. The molecule has 0 bridgehead atoms. The summed E-state index contributed by atoms with van der Waals surface area (Å²) in [4.78, 5) is 0. The first kappa shape index (κ1) is 29.7. The monoisotopic (exact) mass is 648 g/mol. The summed E-state index contributed by atoms with van der Waals surface area (Å²) in [6.07, 6.45) is 0. The highest BCUT2D eigenvalue weighted by Gasteiger charge is 2.35. The Morgan fingerprint density at radius 3 is 1.29 bits per heavy atom. The minimum Gasteiger partial charge on any atom is -0.0622 e. The Morgan fingerprint density at radius 2 is 0.706 bits per heavy atom. The fraction of sp³-hybridized carbons (Fsp3) is 0.0588. The number of hydrogen-bond donors (Lipinski definition) is 0. The van der Waals surface area contributed by atoms with E-state index in [2.05, 4.69) is 196 Å². The average Bonchev–Trinajstić information content (AvgIpc) is 3.42. The summed E-state index contributed by atoms with van der Waals surface area (Å²) in [5, 5.41) is 7.60. The Labute approximate surface area is 299 Å².